The molecule has 0 bridgehead atoms. The summed E-state index contributed by atoms with van der Waals surface area (Å²) in [4.78, 5) is 1.99. The molecule has 0 aliphatic heterocycles. The Bertz CT molecular complexity index is 481. The molecule has 1 rings (SSSR count). The molecule has 8 heteroatoms. The van der Waals surface area contributed by atoms with Gasteiger partial charge in [-0.05, 0) is 27.9 Å². The zero-order valence-corrected chi connectivity index (χ0v) is 12.0. The van der Waals surface area contributed by atoms with Gasteiger partial charge in [0.2, 0.25) is 0 Å². The molecular weight excluding hydrogens is 264 g/mol. The Kier molecular flexibility index (Phi) is 4.51. The molecule has 1 aromatic rings. The van der Waals surface area contributed by atoms with Gasteiger partial charge >= 0.3 is 0 Å². The van der Waals surface area contributed by atoms with Crippen LogP contribution in [0.25, 0.3) is 0 Å². The topological polar surface area (TPSA) is 68.1 Å². The van der Waals surface area contributed by atoms with Crippen molar-refractivity contribution in [3.8, 4) is 0 Å². The first kappa shape index (κ1) is 14.4. The number of halogens is 1. The van der Waals surface area contributed by atoms with Crippen LogP contribution in [-0.4, -0.2) is 48.7 Å². The van der Waals surface area contributed by atoms with Gasteiger partial charge in [0.15, 0.2) is 0 Å². The van der Waals surface area contributed by atoms with E-state index >= 15 is 0 Å². The third-order valence-electron chi connectivity index (χ3n) is 2.25. The minimum absolute atomic E-state index is 0.0503. The fraction of sp³-hybridized carbons (Fsp3) is 0.778. The van der Waals surface area contributed by atoms with Crippen molar-refractivity contribution in [2.45, 2.75) is 31.5 Å². The maximum Gasteiger partial charge on any atom is 0.296 e. The predicted octanol–water partition coefficient (Wildman–Crippen LogP) is 0.891. The fourth-order valence-corrected chi connectivity index (χ4v) is 2.49. The van der Waals surface area contributed by atoms with Crippen LogP contribution in [0.4, 0.5) is 0 Å². The maximum absolute atomic E-state index is 11.3. The van der Waals surface area contributed by atoms with E-state index in [2.05, 4.69) is 10.2 Å². The Morgan fingerprint density at radius 3 is 2.35 bits per heavy atom. The second-order valence-corrected chi connectivity index (χ2v) is 6.81. The first-order chi connectivity index (χ1) is 7.73. The summed E-state index contributed by atoms with van der Waals surface area (Å²) in [5, 5.41) is 7.38. The first-order valence-electron chi connectivity index (χ1n) is 5.26. The molecule has 0 fully saturated rings. The van der Waals surface area contributed by atoms with Gasteiger partial charge in [-0.15, -0.1) is 10.2 Å². The molecule has 0 amide bonds. The lowest BCUT2D eigenvalue weighted by molar-refractivity contribution is 0.400. The predicted molar refractivity (Wildman–Crippen MR) is 65.7 cm³/mol. The average Bonchev–Trinajstić information content (AvgIpc) is 2.57. The summed E-state index contributed by atoms with van der Waals surface area (Å²) in [6.45, 7) is 4.51. The van der Waals surface area contributed by atoms with Gasteiger partial charge in [0.05, 0.1) is 0 Å². The number of nitrogens with zero attached hydrogens (tertiary/aromatic N) is 4. The third-order valence-corrected chi connectivity index (χ3v) is 3.38. The number of aromatic nitrogens is 3. The number of likely N-dealkylation sites (N-methyl/N-ethyl adjacent to an activating group) is 1. The van der Waals surface area contributed by atoms with Gasteiger partial charge in [0.1, 0.15) is 5.82 Å². The molecule has 1 heterocycles. The van der Waals surface area contributed by atoms with Crippen LogP contribution in [0.5, 0.6) is 0 Å². The van der Waals surface area contributed by atoms with Crippen molar-refractivity contribution >= 4 is 19.7 Å². The van der Waals surface area contributed by atoms with Crippen molar-refractivity contribution in [1.29, 1.82) is 0 Å². The van der Waals surface area contributed by atoms with E-state index in [1.807, 2.05) is 32.8 Å². The molecule has 0 unspecified atom stereocenters. The van der Waals surface area contributed by atoms with Gasteiger partial charge in [-0.2, -0.15) is 0 Å². The highest BCUT2D eigenvalue weighted by molar-refractivity contribution is 8.13. The molecule has 0 radical (unpaired) electrons. The van der Waals surface area contributed by atoms with Crippen LogP contribution < -0.4 is 0 Å². The Morgan fingerprint density at radius 2 is 1.94 bits per heavy atom. The summed E-state index contributed by atoms with van der Waals surface area (Å²) in [5.74, 6) is 0.632. The molecule has 0 aliphatic carbocycles. The van der Waals surface area contributed by atoms with Crippen LogP contribution in [0.15, 0.2) is 5.16 Å². The van der Waals surface area contributed by atoms with Crippen molar-refractivity contribution in [2.24, 2.45) is 0 Å². The SMILES string of the molecule is CC(C)n1c(CCN(C)C)nnc1S(=O)(=O)Cl. The van der Waals surface area contributed by atoms with Gasteiger partial charge in [0, 0.05) is 29.7 Å². The van der Waals surface area contributed by atoms with Gasteiger partial charge in [-0.3, -0.25) is 4.57 Å². The highest BCUT2D eigenvalue weighted by Gasteiger charge is 2.23. The van der Waals surface area contributed by atoms with Crippen LogP contribution in [0.1, 0.15) is 25.7 Å². The van der Waals surface area contributed by atoms with E-state index < -0.39 is 9.05 Å². The van der Waals surface area contributed by atoms with Crippen LogP contribution in [0.2, 0.25) is 0 Å². The van der Waals surface area contributed by atoms with Crippen molar-refractivity contribution in [2.75, 3.05) is 20.6 Å². The summed E-state index contributed by atoms with van der Waals surface area (Å²) in [6.07, 6.45) is 0.630. The van der Waals surface area contributed by atoms with E-state index in [4.69, 9.17) is 10.7 Å². The Balaban J connectivity index is 3.12. The lowest BCUT2D eigenvalue weighted by atomic mass is 10.3. The molecule has 0 spiro atoms. The summed E-state index contributed by atoms with van der Waals surface area (Å²) in [5.41, 5.74) is 0. The molecule has 0 saturated heterocycles. The largest absolute Gasteiger partial charge is 0.309 e. The zero-order chi connectivity index (χ0) is 13.2. The van der Waals surface area contributed by atoms with Crippen molar-refractivity contribution in [1.82, 2.24) is 19.7 Å². The Labute approximate surface area is 106 Å². The van der Waals surface area contributed by atoms with Crippen LogP contribution >= 0.6 is 10.7 Å². The van der Waals surface area contributed by atoms with Crippen molar-refractivity contribution in [3.05, 3.63) is 5.82 Å². The summed E-state index contributed by atoms with van der Waals surface area (Å²) in [6, 6.07) is -0.0503. The van der Waals surface area contributed by atoms with E-state index in [0.717, 1.165) is 6.54 Å². The van der Waals surface area contributed by atoms with Gasteiger partial charge < -0.3 is 4.90 Å². The third kappa shape index (κ3) is 3.65. The van der Waals surface area contributed by atoms with Gasteiger partial charge in [-0.25, -0.2) is 8.42 Å². The maximum atomic E-state index is 11.3. The zero-order valence-electron chi connectivity index (χ0n) is 10.4. The monoisotopic (exact) mass is 280 g/mol. The number of rotatable bonds is 5. The lowest BCUT2D eigenvalue weighted by Crippen LogP contribution is -2.19. The van der Waals surface area contributed by atoms with E-state index in [0.29, 0.717) is 12.2 Å². The second-order valence-electron chi connectivity index (χ2n) is 4.35. The van der Waals surface area contributed by atoms with Gasteiger partial charge in [0.25, 0.3) is 14.2 Å². The van der Waals surface area contributed by atoms with Crippen molar-refractivity contribution < 1.29 is 8.42 Å². The first-order valence-corrected chi connectivity index (χ1v) is 7.57. The molecule has 0 aliphatic rings. The minimum Gasteiger partial charge on any atom is -0.309 e. The smallest absolute Gasteiger partial charge is 0.296 e. The van der Waals surface area contributed by atoms with Crippen LogP contribution in [0.3, 0.4) is 0 Å². The molecule has 17 heavy (non-hydrogen) atoms. The van der Waals surface area contributed by atoms with E-state index in [-0.39, 0.29) is 11.2 Å². The fourth-order valence-electron chi connectivity index (χ4n) is 1.49. The normalized spacial score (nSPS) is 12.6. The molecule has 0 atom stereocenters. The van der Waals surface area contributed by atoms with Gasteiger partial charge in [-0.1, -0.05) is 0 Å². The van der Waals surface area contributed by atoms with E-state index in [1.54, 1.807) is 4.57 Å². The molecule has 0 N–H and O–H groups in total. The molecule has 6 nitrogen and oxygen atoms in total. The molecule has 1 aromatic heterocycles. The summed E-state index contributed by atoms with van der Waals surface area (Å²) < 4.78 is 24.2. The molecule has 0 saturated carbocycles. The summed E-state index contributed by atoms with van der Waals surface area (Å²) >= 11 is 0. The minimum atomic E-state index is -3.85. The Morgan fingerprint density at radius 1 is 1.35 bits per heavy atom. The molecule has 98 valence electrons. The van der Waals surface area contributed by atoms with Crippen molar-refractivity contribution in [3.63, 3.8) is 0 Å². The van der Waals surface area contributed by atoms with Crippen LogP contribution in [-0.2, 0) is 15.5 Å². The van der Waals surface area contributed by atoms with Crippen LogP contribution in [0, 0.1) is 0 Å². The Hall–Kier alpha value is -0.660. The highest BCUT2D eigenvalue weighted by atomic mass is 35.7. The lowest BCUT2D eigenvalue weighted by Gasteiger charge is -2.14. The molecular formula is C9H17ClN4O2S. The second kappa shape index (κ2) is 5.32. The molecule has 0 aromatic carbocycles. The quantitative estimate of drug-likeness (QED) is 0.750. The number of hydrogen-bond donors (Lipinski definition) is 0. The summed E-state index contributed by atoms with van der Waals surface area (Å²) in [7, 11) is 5.35. The van der Waals surface area contributed by atoms with E-state index in [9.17, 15) is 8.42 Å². The highest BCUT2D eigenvalue weighted by Crippen LogP contribution is 2.19. The number of hydrogen-bond acceptors (Lipinski definition) is 5. The van der Waals surface area contributed by atoms with E-state index in [1.165, 1.54) is 0 Å². The standard InChI is InChI=1S/C9H17ClN4O2S/c1-7(2)14-8(5-6-13(3)4)11-12-9(14)17(10,15)16/h7H,5-6H2,1-4H3. The average molecular weight is 281 g/mol.